The van der Waals surface area contributed by atoms with Crippen LogP contribution in [0.2, 0.25) is 0 Å². The molecule has 1 N–H and O–H groups in total. The van der Waals surface area contributed by atoms with Crippen molar-refractivity contribution in [1.29, 1.82) is 0 Å². The molecule has 25 heavy (non-hydrogen) atoms. The van der Waals surface area contributed by atoms with Crippen LogP contribution < -0.4 is 5.32 Å². The quantitative estimate of drug-likeness (QED) is 0.480. The van der Waals surface area contributed by atoms with Crippen LogP contribution in [0.1, 0.15) is 29.1 Å². The number of rotatable bonds is 7. The van der Waals surface area contributed by atoms with E-state index in [4.69, 9.17) is 4.52 Å². The van der Waals surface area contributed by atoms with E-state index in [0.29, 0.717) is 11.9 Å². The van der Waals surface area contributed by atoms with Gasteiger partial charge in [0.25, 0.3) is 0 Å². The third-order valence-electron chi connectivity index (χ3n) is 3.98. The third-order valence-corrected chi connectivity index (χ3v) is 6.08. The van der Waals surface area contributed by atoms with Crippen LogP contribution in [0.15, 0.2) is 15.9 Å². The molecule has 0 aliphatic rings. The van der Waals surface area contributed by atoms with E-state index in [1.54, 1.807) is 29.4 Å². The van der Waals surface area contributed by atoms with Crippen LogP contribution in [-0.4, -0.2) is 39.0 Å². The molecule has 6 nitrogen and oxygen atoms in total. The van der Waals surface area contributed by atoms with Crippen molar-refractivity contribution >= 4 is 45.7 Å². The van der Waals surface area contributed by atoms with Crippen molar-refractivity contribution in [2.24, 2.45) is 0 Å². The number of fused-ring (bicyclic) bond motifs is 1. The third kappa shape index (κ3) is 4.69. The van der Waals surface area contributed by atoms with Crippen LogP contribution in [0.3, 0.4) is 0 Å². The Kier molecular flexibility index (Phi) is 7.18. The van der Waals surface area contributed by atoms with E-state index >= 15 is 0 Å². The highest BCUT2D eigenvalue weighted by Gasteiger charge is 2.13. The van der Waals surface area contributed by atoms with Crippen molar-refractivity contribution in [2.45, 2.75) is 44.7 Å². The van der Waals surface area contributed by atoms with Gasteiger partial charge in [-0.3, -0.25) is 0 Å². The zero-order chi connectivity index (χ0) is 17.1. The molecule has 3 aromatic rings. The Balaban J connectivity index is 0.00000225. The zero-order valence-corrected chi connectivity index (χ0v) is 17.1. The minimum absolute atomic E-state index is 0. The Bertz CT molecular complexity index is 835. The first-order valence-electron chi connectivity index (χ1n) is 7.90. The number of halogens is 1. The highest BCUT2D eigenvalue weighted by molar-refractivity contribution is 7.99. The molecule has 1 atom stereocenters. The maximum absolute atomic E-state index is 5.33. The lowest BCUT2D eigenvalue weighted by atomic mass is 10.2. The first kappa shape index (κ1) is 20.1. The fourth-order valence-electron chi connectivity index (χ4n) is 2.35. The van der Waals surface area contributed by atoms with E-state index in [1.807, 2.05) is 7.05 Å². The van der Waals surface area contributed by atoms with Crippen LogP contribution in [0.5, 0.6) is 0 Å². The molecule has 0 fully saturated rings. The van der Waals surface area contributed by atoms with E-state index in [2.05, 4.69) is 46.2 Å². The second kappa shape index (κ2) is 8.93. The molecular formula is C16H22ClN5OS2. The molecule has 0 bridgehead atoms. The summed E-state index contributed by atoms with van der Waals surface area (Å²) < 4.78 is 5.33. The van der Waals surface area contributed by atoms with Gasteiger partial charge in [0.15, 0.2) is 5.82 Å². The maximum atomic E-state index is 5.33. The van der Waals surface area contributed by atoms with Gasteiger partial charge in [0.2, 0.25) is 5.89 Å². The minimum Gasteiger partial charge on any atom is -0.339 e. The standard InChI is InChI=1S/C16H21N5OS2.ClH/c1-9(17-4)7-12-20-13(22-21-12)5-6-23-15-14-10(2)11(3)24-16(14)19-8-18-15;/h8-9,17H,5-7H2,1-4H3;1H. The summed E-state index contributed by atoms with van der Waals surface area (Å²) in [6, 6.07) is 0.337. The van der Waals surface area contributed by atoms with Crippen molar-refractivity contribution < 1.29 is 4.52 Å². The summed E-state index contributed by atoms with van der Waals surface area (Å²) in [6.07, 6.45) is 3.15. The van der Waals surface area contributed by atoms with Gasteiger partial charge in [-0.2, -0.15) is 4.98 Å². The number of thioether (sulfide) groups is 1. The van der Waals surface area contributed by atoms with E-state index in [0.717, 1.165) is 34.3 Å². The molecule has 3 rings (SSSR count). The maximum Gasteiger partial charge on any atom is 0.227 e. The highest BCUT2D eigenvalue weighted by Crippen LogP contribution is 2.34. The average molecular weight is 400 g/mol. The number of likely N-dealkylation sites (N-methyl/N-ethyl adjacent to an activating group) is 1. The molecule has 0 spiro atoms. The van der Waals surface area contributed by atoms with Crippen LogP contribution in [-0.2, 0) is 12.8 Å². The molecule has 9 heteroatoms. The number of aryl methyl sites for hydroxylation is 3. The van der Waals surface area contributed by atoms with Gasteiger partial charge in [0.05, 0.1) is 0 Å². The number of nitrogens with zero attached hydrogens (tertiary/aromatic N) is 4. The van der Waals surface area contributed by atoms with Crippen molar-refractivity contribution in [2.75, 3.05) is 12.8 Å². The normalized spacial score (nSPS) is 12.3. The van der Waals surface area contributed by atoms with E-state index in [-0.39, 0.29) is 12.4 Å². The number of thiophene rings is 1. The molecule has 0 aliphatic heterocycles. The van der Waals surface area contributed by atoms with Gasteiger partial charge in [-0.1, -0.05) is 5.16 Å². The lowest BCUT2D eigenvalue weighted by molar-refractivity contribution is 0.375. The summed E-state index contributed by atoms with van der Waals surface area (Å²) in [5.74, 6) is 2.29. The largest absolute Gasteiger partial charge is 0.339 e. The Morgan fingerprint density at radius 1 is 1.32 bits per heavy atom. The molecule has 0 amide bonds. The van der Waals surface area contributed by atoms with E-state index < -0.39 is 0 Å². The molecule has 136 valence electrons. The molecular weight excluding hydrogens is 378 g/mol. The summed E-state index contributed by atoms with van der Waals surface area (Å²) in [4.78, 5) is 15.6. The van der Waals surface area contributed by atoms with Crippen LogP contribution in [0, 0.1) is 13.8 Å². The molecule has 3 heterocycles. The molecule has 0 aromatic carbocycles. The SMILES string of the molecule is CNC(C)Cc1noc(CCSc2ncnc3sc(C)c(C)c23)n1.Cl. The van der Waals surface area contributed by atoms with Crippen molar-refractivity contribution in [3.05, 3.63) is 28.5 Å². The second-order valence-electron chi connectivity index (χ2n) is 5.74. The number of hydrogen-bond donors (Lipinski definition) is 1. The summed E-state index contributed by atoms with van der Waals surface area (Å²) >= 11 is 3.44. The molecule has 0 radical (unpaired) electrons. The number of hydrogen-bond acceptors (Lipinski definition) is 8. The fourth-order valence-corrected chi connectivity index (χ4v) is 4.39. The van der Waals surface area contributed by atoms with Crippen LogP contribution >= 0.6 is 35.5 Å². The molecule has 0 saturated carbocycles. The van der Waals surface area contributed by atoms with E-state index in [1.165, 1.54) is 15.8 Å². The van der Waals surface area contributed by atoms with Gasteiger partial charge in [-0.15, -0.1) is 35.5 Å². The summed E-state index contributed by atoms with van der Waals surface area (Å²) in [6.45, 7) is 6.36. The van der Waals surface area contributed by atoms with Gasteiger partial charge in [-0.05, 0) is 33.4 Å². The second-order valence-corrected chi connectivity index (χ2v) is 8.03. The average Bonchev–Trinajstić information content (AvgIpc) is 3.13. The molecule has 0 saturated heterocycles. The van der Waals surface area contributed by atoms with Gasteiger partial charge < -0.3 is 9.84 Å². The summed E-state index contributed by atoms with van der Waals surface area (Å²) in [7, 11) is 1.93. The number of aromatic nitrogens is 4. The monoisotopic (exact) mass is 399 g/mol. The lowest BCUT2D eigenvalue weighted by Gasteiger charge is -2.04. The Hall–Kier alpha value is -1.22. The van der Waals surface area contributed by atoms with Crippen LogP contribution in [0.4, 0.5) is 0 Å². The Morgan fingerprint density at radius 3 is 2.88 bits per heavy atom. The zero-order valence-electron chi connectivity index (χ0n) is 14.7. The lowest BCUT2D eigenvalue weighted by Crippen LogP contribution is -2.24. The molecule has 3 aromatic heterocycles. The highest BCUT2D eigenvalue weighted by atomic mass is 35.5. The van der Waals surface area contributed by atoms with Gasteiger partial charge in [-0.25, -0.2) is 9.97 Å². The topological polar surface area (TPSA) is 76.7 Å². The van der Waals surface area contributed by atoms with Gasteiger partial charge in [0, 0.05) is 34.9 Å². The van der Waals surface area contributed by atoms with Crippen molar-refractivity contribution in [1.82, 2.24) is 25.4 Å². The number of nitrogens with one attached hydrogen (secondary N) is 1. The first-order chi connectivity index (χ1) is 11.6. The predicted octanol–water partition coefficient (Wildman–Crippen LogP) is 3.60. The Morgan fingerprint density at radius 2 is 2.12 bits per heavy atom. The summed E-state index contributed by atoms with van der Waals surface area (Å²) in [5.41, 5.74) is 1.28. The van der Waals surface area contributed by atoms with Gasteiger partial charge >= 0.3 is 0 Å². The van der Waals surface area contributed by atoms with Crippen LogP contribution in [0.25, 0.3) is 10.2 Å². The predicted molar refractivity (Wildman–Crippen MR) is 105 cm³/mol. The minimum atomic E-state index is 0. The molecule has 0 aliphatic carbocycles. The smallest absolute Gasteiger partial charge is 0.227 e. The van der Waals surface area contributed by atoms with E-state index in [9.17, 15) is 0 Å². The summed E-state index contributed by atoms with van der Waals surface area (Å²) in [5, 5.41) is 9.42. The molecule has 1 unspecified atom stereocenters. The van der Waals surface area contributed by atoms with Gasteiger partial charge in [0.1, 0.15) is 16.2 Å². The Labute approximate surface area is 161 Å². The van der Waals surface area contributed by atoms with Crippen molar-refractivity contribution in [3.8, 4) is 0 Å². The fraction of sp³-hybridized carbons (Fsp3) is 0.500. The van der Waals surface area contributed by atoms with Crippen molar-refractivity contribution in [3.63, 3.8) is 0 Å². The first-order valence-corrected chi connectivity index (χ1v) is 9.71.